The van der Waals surface area contributed by atoms with Gasteiger partial charge in [-0.1, -0.05) is 17.7 Å². The zero-order valence-electron chi connectivity index (χ0n) is 21.2. The summed E-state index contributed by atoms with van der Waals surface area (Å²) >= 11 is 5.97. The number of hydrogen-bond donors (Lipinski definition) is 3. The molecule has 1 amide bonds. The Morgan fingerprint density at radius 1 is 1.12 bits per heavy atom. The number of aromatic nitrogens is 3. The lowest BCUT2D eigenvalue weighted by Gasteiger charge is -2.22. The number of carbonyl (C=O) groups is 2. The van der Waals surface area contributed by atoms with E-state index in [0.717, 1.165) is 24.3 Å². The van der Waals surface area contributed by atoms with Gasteiger partial charge in [0.25, 0.3) is 5.91 Å². The fourth-order valence-electron chi connectivity index (χ4n) is 4.74. The number of thiol groups is 1. The zero-order valence-corrected chi connectivity index (χ0v) is 22.9. The van der Waals surface area contributed by atoms with Crippen LogP contribution in [0.15, 0.2) is 36.5 Å². The molecular weight excluding hydrogens is 587 g/mol. The Kier molecular flexibility index (Phi) is 7.87. The minimum atomic E-state index is -3.59. The molecule has 4 aromatic rings. The van der Waals surface area contributed by atoms with Crippen molar-refractivity contribution < 1.29 is 35.9 Å². The molecule has 2 heterocycles. The zero-order chi connectivity index (χ0) is 29.4. The standard InChI is InChI=1S/C26H21ClF3N5O5S/c1-40-26-19(10-12(27)11-31-26)35(41(38)39)18-9-8-17(28)20(22(18)30)15-6-7-16-23(21(15)29)33-34-24(16)25(37)32-13-2-4-14(36)5-3-13/h6-11,13,41H,2-5H2,1H3,(H,32,37)(H,33,34). The molecule has 2 aromatic carbocycles. The van der Waals surface area contributed by atoms with Crippen molar-refractivity contribution in [2.24, 2.45) is 0 Å². The van der Waals surface area contributed by atoms with E-state index in [-0.39, 0.29) is 45.0 Å². The van der Waals surface area contributed by atoms with Crippen molar-refractivity contribution in [3.63, 3.8) is 0 Å². The van der Waals surface area contributed by atoms with Crippen LogP contribution in [0.2, 0.25) is 5.02 Å². The predicted octanol–water partition coefficient (Wildman–Crippen LogP) is 4.61. The molecule has 0 radical (unpaired) electrons. The number of fused-ring (bicyclic) bond motifs is 1. The van der Waals surface area contributed by atoms with Gasteiger partial charge in [0.1, 0.15) is 22.8 Å². The first-order chi connectivity index (χ1) is 19.6. The van der Waals surface area contributed by atoms with Crippen molar-refractivity contribution >= 4 is 56.5 Å². The number of carbonyl (C=O) groups excluding carboxylic acids is 2. The lowest BCUT2D eigenvalue weighted by Crippen LogP contribution is -2.37. The molecule has 2 N–H and O–H groups in total. The maximum Gasteiger partial charge on any atom is 0.272 e. The molecular formula is C26H21ClF3N5O5S. The number of anilines is 2. The third-order valence-electron chi connectivity index (χ3n) is 6.72. The smallest absolute Gasteiger partial charge is 0.272 e. The Labute approximate surface area is 237 Å². The van der Waals surface area contributed by atoms with E-state index in [2.05, 4.69) is 20.5 Å². The molecule has 0 aliphatic heterocycles. The first kappa shape index (κ1) is 28.4. The maximum atomic E-state index is 15.9. The summed E-state index contributed by atoms with van der Waals surface area (Å²) in [4.78, 5) is 28.2. The third kappa shape index (κ3) is 5.32. The van der Waals surface area contributed by atoms with Crippen molar-refractivity contribution in [2.75, 3.05) is 11.4 Å². The number of Topliss-reactive ketones (excluding diaryl/α,β-unsaturated/α-hetero) is 1. The second-order valence-corrected chi connectivity index (χ2v) is 10.5. The molecule has 15 heteroatoms. The molecule has 1 fully saturated rings. The molecule has 214 valence electrons. The van der Waals surface area contributed by atoms with Crippen molar-refractivity contribution in [3.8, 4) is 17.0 Å². The Morgan fingerprint density at radius 2 is 1.85 bits per heavy atom. The number of ketones is 1. The second kappa shape index (κ2) is 11.4. The van der Waals surface area contributed by atoms with Crippen molar-refractivity contribution in [1.29, 1.82) is 0 Å². The van der Waals surface area contributed by atoms with Gasteiger partial charge in [-0.25, -0.2) is 30.9 Å². The molecule has 41 heavy (non-hydrogen) atoms. The number of nitrogens with one attached hydrogen (secondary N) is 2. The summed E-state index contributed by atoms with van der Waals surface area (Å²) in [5, 5.41) is 9.15. The van der Waals surface area contributed by atoms with Crippen LogP contribution in [0.4, 0.5) is 24.5 Å². The van der Waals surface area contributed by atoms with Crippen LogP contribution in [0.3, 0.4) is 0 Å². The first-order valence-corrected chi connectivity index (χ1v) is 13.7. The topological polar surface area (TPSA) is 134 Å². The Bertz CT molecular complexity index is 1760. The number of nitrogens with zero attached hydrogens (tertiary/aromatic N) is 3. The number of hydrogen-bond acceptors (Lipinski definition) is 7. The highest BCUT2D eigenvalue weighted by Gasteiger charge is 2.29. The van der Waals surface area contributed by atoms with Crippen LogP contribution >= 0.6 is 11.6 Å². The number of amides is 1. The Morgan fingerprint density at radius 3 is 2.54 bits per heavy atom. The van der Waals surface area contributed by atoms with Crippen LogP contribution in [-0.4, -0.2) is 48.4 Å². The molecule has 0 unspecified atom stereocenters. The van der Waals surface area contributed by atoms with E-state index in [0.29, 0.717) is 30.0 Å². The maximum absolute atomic E-state index is 15.9. The van der Waals surface area contributed by atoms with E-state index >= 15 is 13.2 Å². The average molecular weight is 608 g/mol. The summed E-state index contributed by atoms with van der Waals surface area (Å²) in [6, 6.07) is 4.92. The van der Waals surface area contributed by atoms with Crippen LogP contribution < -0.4 is 14.4 Å². The molecule has 2 aromatic heterocycles. The third-order valence-corrected chi connectivity index (χ3v) is 7.69. The van der Waals surface area contributed by atoms with Gasteiger partial charge in [0.2, 0.25) is 16.8 Å². The van der Waals surface area contributed by atoms with E-state index in [4.69, 9.17) is 16.3 Å². The lowest BCUT2D eigenvalue weighted by atomic mass is 9.94. The van der Waals surface area contributed by atoms with Crippen LogP contribution in [0.5, 0.6) is 5.88 Å². The van der Waals surface area contributed by atoms with Gasteiger partial charge in [0.15, 0.2) is 17.3 Å². The summed E-state index contributed by atoms with van der Waals surface area (Å²) in [5.74, 6) is -4.38. The molecule has 5 rings (SSSR count). The van der Waals surface area contributed by atoms with Gasteiger partial charge < -0.3 is 10.1 Å². The minimum absolute atomic E-state index is 0.0120. The summed E-state index contributed by atoms with van der Waals surface area (Å²) in [5.41, 5.74) is -2.72. The van der Waals surface area contributed by atoms with Gasteiger partial charge in [-0.3, -0.25) is 14.7 Å². The van der Waals surface area contributed by atoms with Gasteiger partial charge in [0.05, 0.1) is 23.4 Å². The number of aromatic amines is 1. The average Bonchev–Trinajstić information content (AvgIpc) is 3.38. The van der Waals surface area contributed by atoms with E-state index < -0.39 is 51.1 Å². The quantitative estimate of drug-likeness (QED) is 0.261. The van der Waals surface area contributed by atoms with Crippen molar-refractivity contribution in [2.45, 2.75) is 31.7 Å². The van der Waals surface area contributed by atoms with Crippen LogP contribution in [-0.2, 0) is 15.7 Å². The van der Waals surface area contributed by atoms with E-state index in [1.807, 2.05) is 0 Å². The molecule has 0 atom stereocenters. The fraction of sp³-hybridized carbons (Fsp3) is 0.231. The normalized spacial score (nSPS) is 14.0. The predicted molar refractivity (Wildman–Crippen MR) is 144 cm³/mol. The van der Waals surface area contributed by atoms with Crippen LogP contribution in [0, 0.1) is 17.5 Å². The fourth-order valence-corrected chi connectivity index (χ4v) is 5.54. The highest BCUT2D eigenvalue weighted by atomic mass is 35.5. The lowest BCUT2D eigenvalue weighted by molar-refractivity contribution is -0.120. The molecule has 0 saturated heterocycles. The SMILES string of the molecule is COc1ncc(Cl)cc1N(c1ccc(F)c(-c2ccc3c(C(=O)NC4CCC(=O)CC4)n[nH]c3c2F)c1F)[SH](=O)=O. The number of ether oxygens (including phenoxy) is 1. The number of pyridine rings is 1. The molecule has 0 bridgehead atoms. The van der Waals surface area contributed by atoms with E-state index in [1.54, 1.807) is 0 Å². The van der Waals surface area contributed by atoms with Gasteiger partial charge in [-0.15, -0.1) is 0 Å². The molecule has 0 spiro atoms. The van der Waals surface area contributed by atoms with Crippen LogP contribution in [0.25, 0.3) is 22.0 Å². The summed E-state index contributed by atoms with van der Waals surface area (Å²) in [6.07, 6.45) is 2.83. The highest BCUT2D eigenvalue weighted by molar-refractivity contribution is 7.74. The summed E-state index contributed by atoms with van der Waals surface area (Å²) in [7, 11) is -2.38. The molecule has 1 saturated carbocycles. The van der Waals surface area contributed by atoms with Gasteiger partial charge >= 0.3 is 0 Å². The van der Waals surface area contributed by atoms with Crippen molar-refractivity contribution in [3.05, 3.63) is 64.7 Å². The number of benzene rings is 2. The van der Waals surface area contributed by atoms with Crippen LogP contribution in [0.1, 0.15) is 36.2 Å². The van der Waals surface area contributed by atoms with Gasteiger partial charge in [-0.05, 0) is 37.1 Å². The monoisotopic (exact) mass is 607 g/mol. The van der Waals surface area contributed by atoms with E-state index in [9.17, 15) is 18.0 Å². The van der Waals surface area contributed by atoms with E-state index in [1.165, 1.54) is 19.4 Å². The number of halogens is 4. The molecule has 1 aliphatic rings. The first-order valence-electron chi connectivity index (χ1n) is 12.2. The number of H-pyrrole nitrogens is 1. The van der Waals surface area contributed by atoms with Gasteiger partial charge in [0, 0.05) is 36.0 Å². The largest absolute Gasteiger partial charge is 0.479 e. The molecule has 10 nitrogen and oxygen atoms in total. The van der Waals surface area contributed by atoms with Crippen molar-refractivity contribution in [1.82, 2.24) is 20.5 Å². The Balaban J connectivity index is 1.56. The summed E-state index contributed by atoms with van der Waals surface area (Å²) < 4.78 is 76.8. The highest BCUT2D eigenvalue weighted by Crippen LogP contribution is 2.40. The summed E-state index contributed by atoms with van der Waals surface area (Å²) in [6.45, 7) is 0. The number of methoxy groups -OCH3 is 1. The Hall–Kier alpha value is -4.17. The minimum Gasteiger partial charge on any atom is -0.479 e. The number of rotatable bonds is 7. The molecule has 1 aliphatic carbocycles. The van der Waals surface area contributed by atoms with Gasteiger partial charge in [-0.2, -0.15) is 5.10 Å². The second-order valence-electron chi connectivity index (χ2n) is 9.20.